The number of hydrogen-bond donors (Lipinski definition) is 1. The Labute approximate surface area is 82.1 Å². The molecule has 0 amide bonds. The summed E-state index contributed by atoms with van der Waals surface area (Å²) in [4.78, 5) is 0.143. The minimum Gasteiger partial charge on any atom is -0.223 e. The minimum atomic E-state index is -3.35. The lowest BCUT2D eigenvalue weighted by Crippen LogP contribution is -2.04. The van der Waals surface area contributed by atoms with Crippen molar-refractivity contribution in [2.24, 2.45) is 0 Å². The highest BCUT2D eigenvalue weighted by atomic mass is 32.2. The Morgan fingerprint density at radius 2 is 2.08 bits per heavy atom. The Balaban J connectivity index is 3.33. The smallest absolute Gasteiger partial charge is 0.187 e. The van der Waals surface area contributed by atoms with E-state index in [4.69, 9.17) is 0 Å². The molecule has 0 saturated heterocycles. The summed E-state index contributed by atoms with van der Waals surface area (Å²) in [6, 6.07) is 3.58. The lowest BCUT2D eigenvalue weighted by atomic mass is 10.2. The van der Waals surface area contributed by atoms with E-state index in [9.17, 15) is 12.8 Å². The van der Waals surface area contributed by atoms with Crippen molar-refractivity contribution in [2.45, 2.75) is 11.8 Å². The molecule has 0 radical (unpaired) electrons. The van der Waals surface area contributed by atoms with Crippen molar-refractivity contribution in [1.29, 1.82) is 0 Å². The minimum absolute atomic E-state index is 0.143. The highest BCUT2D eigenvalue weighted by molar-refractivity contribution is 8.03. The van der Waals surface area contributed by atoms with Gasteiger partial charge in [0.15, 0.2) is 9.84 Å². The Kier molecular flexibility index (Phi) is 2.98. The first kappa shape index (κ1) is 10.5. The summed E-state index contributed by atoms with van der Waals surface area (Å²) in [5.74, 6) is -0.435. The standard InChI is InChI=1S/C8H9FO2S2/c1-6-4-7(9)2-3-8(6)13(10,11)5-12/h2-4,12H,5H2,1H3. The Hall–Kier alpha value is -0.550. The maximum absolute atomic E-state index is 12.6. The first-order valence-electron chi connectivity index (χ1n) is 3.57. The molecular formula is C8H9FO2S2. The summed E-state index contributed by atoms with van der Waals surface area (Å²) in [6.45, 7) is 1.55. The zero-order chi connectivity index (χ0) is 10.1. The lowest BCUT2D eigenvalue weighted by Gasteiger charge is -2.04. The van der Waals surface area contributed by atoms with Crippen LogP contribution >= 0.6 is 12.6 Å². The maximum Gasteiger partial charge on any atom is 0.187 e. The fourth-order valence-corrected chi connectivity index (χ4v) is 2.41. The molecule has 0 saturated carbocycles. The first-order chi connectivity index (χ1) is 5.97. The zero-order valence-electron chi connectivity index (χ0n) is 6.99. The normalized spacial score (nSPS) is 11.6. The number of halogens is 1. The average Bonchev–Trinajstić information content (AvgIpc) is 2.03. The molecule has 13 heavy (non-hydrogen) atoms. The molecule has 0 unspecified atom stereocenters. The molecule has 5 heteroatoms. The molecule has 0 spiro atoms. The molecule has 0 N–H and O–H groups in total. The van der Waals surface area contributed by atoms with Crippen LogP contribution in [0.25, 0.3) is 0 Å². The second-order valence-electron chi connectivity index (χ2n) is 2.65. The summed E-state index contributed by atoms with van der Waals surface area (Å²) in [6.07, 6.45) is 0. The van der Waals surface area contributed by atoms with Crippen molar-refractivity contribution >= 4 is 22.5 Å². The van der Waals surface area contributed by atoms with Gasteiger partial charge in [0, 0.05) is 0 Å². The summed E-state index contributed by atoms with van der Waals surface area (Å²) in [5, 5.41) is -0.264. The van der Waals surface area contributed by atoms with Crippen molar-refractivity contribution in [1.82, 2.24) is 0 Å². The molecule has 1 aromatic carbocycles. The number of benzene rings is 1. The highest BCUT2D eigenvalue weighted by Crippen LogP contribution is 2.17. The van der Waals surface area contributed by atoms with E-state index in [-0.39, 0.29) is 9.98 Å². The van der Waals surface area contributed by atoms with Crippen LogP contribution < -0.4 is 0 Å². The Morgan fingerprint density at radius 1 is 1.46 bits per heavy atom. The maximum atomic E-state index is 12.6. The van der Waals surface area contributed by atoms with Crippen LogP contribution in [0.2, 0.25) is 0 Å². The summed E-state index contributed by atoms with van der Waals surface area (Å²) in [5.41, 5.74) is 0.411. The number of hydrogen-bond acceptors (Lipinski definition) is 3. The van der Waals surface area contributed by atoms with E-state index >= 15 is 0 Å². The van der Waals surface area contributed by atoms with Crippen molar-refractivity contribution < 1.29 is 12.8 Å². The predicted octanol–water partition coefficient (Wildman–Crippen LogP) is 1.80. The van der Waals surface area contributed by atoms with Gasteiger partial charge in [0.25, 0.3) is 0 Å². The lowest BCUT2D eigenvalue weighted by molar-refractivity contribution is 0.598. The van der Waals surface area contributed by atoms with Crippen LogP contribution in [-0.2, 0) is 9.84 Å². The fraction of sp³-hybridized carbons (Fsp3) is 0.250. The van der Waals surface area contributed by atoms with Crippen LogP contribution in [0.1, 0.15) is 5.56 Å². The number of sulfone groups is 1. The Bertz CT molecular complexity index is 412. The van der Waals surface area contributed by atoms with E-state index < -0.39 is 15.7 Å². The van der Waals surface area contributed by atoms with Gasteiger partial charge in [-0.15, -0.1) is 0 Å². The third-order valence-electron chi connectivity index (χ3n) is 1.64. The molecule has 0 fully saturated rings. The number of rotatable bonds is 2. The topological polar surface area (TPSA) is 34.1 Å². The second kappa shape index (κ2) is 3.67. The van der Waals surface area contributed by atoms with Crippen LogP contribution in [0.3, 0.4) is 0 Å². The predicted molar refractivity (Wildman–Crippen MR) is 52.2 cm³/mol. The molecule has 1 aromatic rings. The monoisotopic (exact) mass is 220 g/mol. The SMILES string of the molecule is Cc1cc(F)ccc1S(=O)(=O)CS. The van der Waals surface area contributed by atoms with Gasteiger partial charge >= 0.3 is 0 Å². The molecule has 2 nitrogen and oxygen atoms in total. The molecule has 1 rings (SSSR count). The van der Waals surface area contributed by atoms with E-state index in [2.05, 4.69) is 12.6 Å². The van der Waals surface area contributed by atoms with Gasteiger partial charge in [0.05, 0.1) is 9.98 Å². The molecule has 0 aliphatic carbocycles. The fourth-order valence-electron chi connectivity index (χ4n) is 1.03. The number of thiol groups is 1. The van der Waals surface area contributed by atoms with E-state index in [1.807, 2.05) is 0 Å². The molecule has 0 bridgehead atoms. The third-order valence-corrected chi connectivity index (χ3v) is 4.13. The molecule has 0 heterocycles. The van der Waals surface area contributed by atoms with Crippen LogP contribution in [0.5, 0.6) is 0 Å². The van der Waals surface area contributed by atoms with Crippen molar-refractivity contribution in [3.63, 3.8) is 0 Å². The van der Waals surface area contributed by atoms with Crippen LogP contribution in [0.15, 0.2) is 23.1 Å². The van der Waals surface area contributed by atoms with Crippen molar-refractivity contribution in [2.75, 3.05) is 5.08 Å². The zero-order valence-corrected chi connectivity index (χ0v) is 8.70. The second-order valence-corrected chi connectivity index (χ2v) is 5.36. The van der Waals surface area contributed by atoms with Gasteiger partial charge in [-0.05, 0) is 30.7 Å². The molecule has 0 aromatic heterocycles. The molecular weight excluding hydrogens is 211 g/mol. The van der Waals surface area contributed by atoms with E-state index in [1.54, 1.807) is 6.92 Å². The quantitative estimate of drug-likeness (QED) is 0.609. The van der Waals surface area contributed by atoms with E-state index in [0.29, 0.717) is 5.56 Å². The average molecular weight is 220 g/mol. The van der Waals surface area contributed by atoms with Gasteiger partial charge in [-0.1, -0.05) is 0 Å². The Morgan fingerprint density at radius 3 is 2.54 bits per heavy atom. The van der Waals surface area contributed by atoms with E-state index in [0.717, 1.165) is 6.07 Å². The number of aryl methyl sites for hydroxylation is 1. The molecule has 0 atom stereocenters. The van der Waals surface area contributed by atoms with E-state index in [1.165, 1.54) is 12.1 Å². The van der Waals surface area contributed by atoms with Gasteiger partial charge in [-0.2, -0.15) is 12.6 Å². The van der Waals surface area contributed by atoms with Gasteiger partial charge < -0.3 is 0 Å². The van der Waals surface area contributed by atoms with Crippen molar-refractivity contribution in [3.8, 4) is 0 Å². The summed E-state index contributed by atoms with van der Waals surface area (Å²) in [7, 11) is -3.35. The summed E-state index contributed by atoms with van der Waals surface area (Å²) < 4.78 is 35.3. The largest absolute Gasteiger partial charge is 0.223 e. The van der Waals surface area contributed by atoms with Gasteiger partial charge in [-0.25, -0.2) is 12.8 Å². The molecule has 72 valence electrons. The van der Waals surface area contributed by atoms with Crippen LogP contribution in [0, 0.1) is 12.7 Å². The van der Waals surface area contributed by atoms with Crippen LogP contribution in [-0.4, -0.2) is 13.5 Å². The molecule has 0 aliphatic rings. The highest BCUT2D eigenvalue weighted by Gasteiger charge is 2.14. The van der Waals surface area contributed by atoms with Crippen LogP contribution in [0.4, 0.5) is 4.39 Å². The van der Waals surface area contributed by atoms with Gasteiger partial charge in [0.2, 0.25) is 0 Å². The first-order valence-corrected chi connectivity index (χ1v) is 5.85. The van der Waals surface area contributed by atoms with Gasteiger partial charge in [0.1, 0.15) is 5.82 Å². The summed E-state index contributed by atoms with van der Waals surface area (Å²) >= 11 is 3.70. The van der Waals surface area contributed by atoms with Crippen molar-refractivity contribution in [3.05, 3.63) is 29.6 Å². The molecule has 0 aliphatic heterocycles. The third kappa shape index (κ3) is 2.22. The van der Waals surface area contributed by atoms with Gasteiger partial charge in [-0.3, -0.25) is 0 Å².